The van der Waals surface area contributed by atoms with Gasteiger partial charge in [0.25, 0.3) is 0 Å². The van der Waals surface area contributed by atoms with Crippen LogP contribution in [-0.2, 0) is 76.2 Å². The SMILES string of the molecule is C=C(C)[C@H]1C2C[C@@]3(C)C4=CCC5C(C)(C)C(OC6OCC(OS(=O)(=O)[O-])C(O)C6OC6OC(C)C(OC7OC(CO)C(O)C(OC8OCC(O)C(OC)C8O)C7O)C(O)C6OC6OC(CO)C(O)C(O)C6O)CC[C@]5(C)C4CC[C@]13C(=O)O2.[Na+]. The molecular weight excluding hydrogens is 1150 g/mol. The minimum atomic E-state index is -5.51. The van der Waals surface area contributed by atoms with E-state index in [4.69, 9.17) is 61.0 Å². The molecule has 0 aromatic carbocycles. The summed E-state index contributed by atoms with van der Waals surface area (Å²) in [6.45, 7) is 13.4. The molecule has 2 bridgehead atoms. The molecule has 0 radical (unpaired) electrons. The van der Waals surface area contributed by atoms with Crippen molar-refractivity contribution in [2.75, 3.05) is 33.5 Å². The van der Waals surface area contributed by atoms with Gasteiger partial charge in [-0.2, -0.15) is 0 Å². The van der Waals surface area contributed by atoms with Gasteiger partial charge in [-0.15, -0.1) is 0 Å². The Morgan fingerprint density at radius 3 is 1.94 bits per heavy atom. The minimum absolute atomic E-state index is 0. The topological polar surface area (TPSA) is 417 Å². The molecule has 9 fully saturated rings. The van der Waals surface area contributed by atoms with Gasteiger partial charge in [-0.25, -0.2) is 8.42 Å². The van der Waals surface area contributed by atoms with E-state index in [1.807, 2.05) is 6.92 Å². The molecule has 6 saturated heterocycles. The molecule has 0 aromatic heterocycles. The Morgan fingerprint density at radius 2 is 1.30 bits per heavy atom. The molecule has 10 aliphatic rings. The predicted molar refractivity (Wildman–Crippen MR) is 272 cm³/mol. The van der Waals surface area contributed by atoms with Crippen molar-refractivity contribution in [2.24, 2.45) is 39.4 Å². The van der Waals surface area contributed by atoms with Gasteiger partial charge in [-0.05, 0) is 75.0 Å². The zero-order valence-corrected chi connectivity index (χ0v) is 51.1. The largest absolute Gasteiger partial charge is 1.00 e. The van der Waals surface area contributed by atoms with Crippen LogP contribution in [0.15, 0.2) is 23.8 Å². The van der Waals surface area contributed by atoms with Gasteiger partial charge in [0.05, 0.1) is 44.1 Å². The monoisotopic (exact) mass is 1230 g/mol. The van der Waals surface area contributed by atoms with Crippen molar-refractivity contribution in [3.8, 4) is 0 Å². The second kappa shape index (κ2) is 25.2. The molecule has 6 heterocycles. The van der Waals surface area contributed by atoms with Gasteiger partial charge in [-0.1, -0.05) is 51.5 Å². The number of ether oxygens (including phenoxy) is 12. The number of aliphatic hydroxyl groups is 11. The summed E-state index contributed by atoms with van der Waals surface area (Å²) in [6, 6.07) is 0. The van der Waals surface area contributed by atoms with Gasteiger partial charge < -0.3 is 118 Å². The standard InChI is InChI=1S/C54H84O28S.Na/c1-20(2)31-25-15-53(7)23-9-10-29-51(4,5)30(12-13-52(29,6)22(23)11-14-54(31,53)50(66)76-25)77-48-43(34(60)28(19-72-48)82-83(67,68)69)81-49-44(80-46-36(62)35(61)32(58)26(16-55)74-46)37(63)40(21(3)73-49)78-47-39(65)42(33(59)27(17-56)75-47)79-45-38(64)41(70-8)24(57)18-71-45;/h9,21-22,24-49,55-65H,1,10-19H2,2-8H3,(H,67,68,69);/q;+1/p-1/t21?,22?,24?,25?,26?,27?,28?,29?,30?,31-,32?,33?,34?,35?,36?,37?,38?,39?,40?,41?,42?,43?,44?,45?,46?,47?,48?,49?,52+,53-,54+;/m0./s1. The Morgan fingerprint density at radius 1 is 0.702 bits per heavy atom. The van der Waals surface area contributed by atoms with Crippen molar-refractivity contribution >= 4 is 16.4 Å². The van der Waals surface area contributed by atoms with Crippen molar-refractivity contribution in [2.45, 2.75) is 234 Å². The van der Waals surface area contributed by atoms with Crippen LogP contribution in [0.3, 0.4) is 0 Å². The average molecular weight is 1240 g/mol. The van der Waals surface area contributed by atoms with E-state index in [0.29, 0.717) is 32.1 Å². The fourth-order valence-electron chi connectivity index (χ4n) is 16.4. The fraction of sp³-hybridized carbons (Fsp3) is 0.907. The number of esters is 1. The third kappa shape index (κ3) is 11.4. The van der Waals surface area contributed by atoms with E-state index in [1.165, 1.54) is 19.6 Å². The van der Waals surface area contributed by atoms with Crippen molar-refractivity contribution in [3.63, 3.8) is 0 Å². The van der Waals surface area contributed by atoms with Crippen LogP contribution < -0.4 is 29.6 Å². The van der Waals surface area contributed by atoms with E-state index in [2.05, 4.69) is 40.3 Å². The van der Waals surface area contributed by atoms with Crippen LogP contribution in [0.4, 0.5) is 0 Å². The van der Waals surface area contributed by atoms with E-state index in [1.54, 1.807) is 0 Å². The van der Waals surface area contributed by atoms with Crippen LogP contribution in [0.1, 0.15) is 80.1 Å². The van der Waals surface area contributed by atoms with E-state index in [-0.39, 0.29) is 71.4 Å². The second-order valence-corrected chi connectivity index (χ2v) is 26.5. The molecule has 10 rings (SSSR count). The Bertz CT molecular complexity index is 2490. The molecule has 11 N–H and O–H groups in total. The second-order valence-electron chi connectivity index (χ2n) is 25.5. The van der Waals surface area contributed by atoms with Crippen LogP contribution in [0.25, 0.3) is 0 Å². The number of methoxy groups -OCH3 is 1. The van der Waals surface area contributed by atoms with Gasteiger partial charge in [0.1, 0.15) is 110 Å². The van der Waals surface area contributed by atoms with Crippen LogP contribution in [-0.4, -0.2) is 262 Å². The molecule has 474 valence electrons. The Balaban J connectivity index is 0.00000846. The van der Waals surface area contributed by atoms with E-state index < -0.39 is 194 Å². The van der Waals surface area contributed by atoms with Crippen molar-refractivity contribution < 1.29 is 165 Å². The fourth-order valence-corrected chi connectivity index (χ4v) is 16.9. The Labute approximate surface area is 508 Å². The summed E-state index contributed by atoms with van der Waals surface area (Å²) in [5.74, 6) is -0.141. The number of hydrogen-bond acceptors (Lipinski definition) is 28. The first-order valence-corrected chi connectivity index (χ1v) is 29.9. The molecule has 28 nitrogen and oxygen atoms in total. The minimum Gasteiger partial charge on any atom is -0.726 e. The van der Waals surface area contributed by atoms with Gasteiger partial charge >= 0.3 is 35.5 Å². The number of rotatable bonds is 16. The van der Waals surface area contributed by atoms with E-state index in [9.17, 15) is 73.9 Å². The summed E-state index contributed by atoms with van der Waals surface area (Å²) in [4.78, 5) is 13.8. The summed E-state index contributed by atoms with van der Waals surface area (Å²) in [5, 5.41) is 122. The van der Waals surface area contributed by atoms with Crippen molar-refractivity contribution in [1.82, 2.24) is 0 Å². The summed E-state index contributed by atoms with van der Waals surface area (Å²) >= 11 is 0. The quantitative estimate of drug-likeness (QED) is 0.0225. The molecule has 27 unspecified atom stereocenters. The van der Waals surface area contributed by atoms with Crippen LogP contribution in [0.2, 0.25) is 0 Å². The number of fused-ring (bicyclic) bond motifs is 5. The smallest absolute Gasteiger partial charge is 0.726 e. The van der Waals surface area contributed by atoms with E-state index in [0.717, 1.165) is 12.0 Å². The number of aliphatic hydroxyl groups excluding tert-OH is 11. The number of carbonyl (C=O) groups is 1. The number of carbonyl (C=O) groups excluding carboxylic acids is 1. The predicted octanol–water partition coefficient (Wildman–Crippen LogP) is -6.39. The number of allylic oxidation sites excluding steroid dienone is 2. The zero-order valence-electron chi connectivity index (χ0n) is 48.3. The third-order valence-electron chi connectivity index (χ3n) is 20.6. The maximum atomic E-state index is 13.8. The molecule has 6 aliphatic heterocycles. The zero-order chi connectivity index (χ0) is 60.4. The molecule has 31 atom stereocenters. The summed E-state index contributed by atoms with van der Waals surface area (Å²) < 4.78 is 113. The molecule has 0 amide bonds. The van der Waals surface area contributed by atoms with Gasteiger partial charge in [0.2, 0.25) is 10.4 Å². The summed E-state index contributed by atoms with van der Waals surface area (Å²) in [6.07, 6.45) is -35.7. The maximum Gasteiger partial charge on any atom is 1.00 e. The Hall–Kier alpha value is -1.06. The van der Waals surface area contributed by atoms with Crippen LogP contribution in [0.5, 0.6) is 0 Å². The van der Waals surface area contributed by atoms with Crippen LogP contribution in [0, 0.1) is 39.4 Å². The van der Waals surface area contributed by atoms with E-state index >= 15 is 0 Å². The van der Waals surface area contributed by atoms with Crippen molar-refractivity contribution in [1.29, 1.82) is 0 Å². The maximum absolute atomic E-state index is 13.8. The molecule has 4 aliphatic carbocycles. The molecule has 84 heavy (non-hydrogen) atoms. The first-order valence-electron chi connectivity index (χ1n) is 28.5. The first kappa shape index (κ1) is 67.3. The molecule has 0 aromatic rings. The molecule has 1 spiro atoms. The van der Waals surface area contributed by atoms with Crippen molar-refractivity contribution in [3.05, 3.63) is 23.8 Å². The summed E-state index contributed by atoms with van der Waals surface area (Å²) in [7, 11) is -4.29. The van der Waals surface area contributed by atoms with Gasteiger partial charge in [0, 0.05) is 18.4 Å². The molecule has 30 heteroatoms. The van der Waals surface area contributed by atoms with Gasteiger partial charge in [-0.3, -0.25) is 8.98 Å². The van der Waals surface area contributed by atoms with Crippen LogP contribution >= 0.6 is 0 Å². The first-order chi connectivity index (χ1) is 39.0. The molecule has 3 saturated carbocycles. The molecular formula is C54H83NaO28S. The Kier molecular flexibility index (Phi) is 20.2. The van der Waals surface area contributed by atoms with Gasteiger partial charge in [0.15, 0.2) is 31.5 Å². The third-order valence-corrected chi connectivity index (χ3v) is 21.0. The average Bonchev–Trinajstić information content (AvgIpc) is 1.55. The number of hydrogen-bond donors (Lipinski definition) is 11. The normalized spacial score (nSPS) is 51.8. The summed E-state index contributed by atoms with van der Waals surface area (Å²) in [5.41, 5.74) is 0.134.